The molecule has 0 amide bonds. The van der Waals surface area contributed by atoms with Gasteiger partial charge in [0, 0.05) is 35.4 Å². The number of pyridine rings is 2. The number of aromatic nitrogens is 2. The lowest BCUT2D eigenvalue weighted by molar-refractivity contribution is -0.683. The van der Waals surface area contributed by atoms with Crippen molar-refractivity contribution >= 4 is 11.6 Å². The Morgan fingerprint density at radius 2 is 1.00 bits per heavy atom. The van der Waals surface area contributed by atoms with Crippen LogP contribution in [-0.4, -0.2) is 11.6 Å². The highest BCUT2D eigenvalue weighted by atomic mass is 127. The second-order valence-electron chi connectivity index (χ2n) is 5.52. The van der Waals surface area contributed by atoms with Crippen LogP contribution in [0, 0.1) is 0 Å². The van der Waals surface area contributed by atoms with Crippen LogP contribution in [0.4, 0.5) is 0 Å². The standard InChI is InChI=1S/C20H18N2O2.2HI/c23-19(15-21-10-3-1-4-11-21)17-8-7-9-18(14-17)20(24)16-22-12-5-2-6-13-22;;/h1-14H,15-16H2;2*1H/q+2;;/p-2. The summed E-state index contributed by atoms with van der Waals surface area (Å²) in [5.41, 5.74) is 1.10. The van der Waals surface area contributed by atoms with E-state index in [1.807, 2.05) is 70.3 Å². The van der Waals surface area contributed by atoms with Crippen molar-refractivity contribution in [3.63, 3.8) is 0 Å². The van der Waals surface area contributed by atoms with Crippen LogP contribution in [0.5, 0.6) is 0 Å². The fourth-order valence-electron chi connectivity index (χ4n) is 2.46. The molecule has 3 rings (SSSR count). The summed E-state index contributed by atoms with van der Waals surface area (Å²) in [4.78, 5) is 24.8. The molecule has 134 valence electrons. The number of carbonyl (C=O) groups excluding carboxylic acids is 2. The van der Waals surface area contributed by atoms with Gasteiger partial charge in [0.1, 0.15) is 0 Å². The van der Waals surface area contributed by atoms with Crippen molar-refractivity contribution in [3.8, 4) is 0 Å². The number of rotatable bonds is 6. The molecular formula is C20H18I2N2O2. The number of carbonyl (C=O) groups is 2. The Morgan fingerprint density at radius 3 is 1.38 bits per heavy atom. The fourth-order valence-corrected chi connectivity index (χ4v) is 2.46. The molecule has 0 aliphatic heterocycles. The molecule has 26 heavy (non-hydrogen) atoms. The molecule has 0 fully saturated rings. The minimum atomic E-state index is -0.0202. The average molecular weight is 572 g/mol. The van der Waals surface area contributed by atoms with Crippen molar-refractivity contribution in [1.29, 1.82) is 0 Å². The van der Waals surface area contributed by atoms with Crippen LogP contribution in [0.2, 0.25) is 0 Å². The van der Waals surface area contributed by atoms with Crippen molar-refractivity contribution in [2.24, 2.45) is 0 Å². The predicted octanol–water partition coefficient (Wildman–Crippen LogP) is -3.96. The summed E-state index contributed by atoms with van der Waals surface area (Å²) in [7, 11) is 0. The molecule has 0 saturated carbocycles. The normalized spacial score (nSPS) is 9.54. The van der Waals surface area contributed by atoms with Crippen LogP contribution in [0.3, 0.4) is 0 Å². The van der Waals surface area contributed by atoms with Gasteiger partial charge in [0.05, 0.1) is 0 Å². The largest absolute Gasteiger partial charge is 1.00 e. The molecule has 0 spiro atoms. The summed E-state index contributed by atoms with van der Waals surface area (Å²) in [6.45, 7) is 0.512. The summed E-state index contributed by atoms with van der Waals surface area (Å²) in [5.74, 6) is -0.0403. The van der Waals surface area contributed by atoms with E-state index in [2.05, 4.69) is 0 Å². The fraction of sp³-hybridized carbons (Fsp3) is 0.100. The van der Waals surface area contributed by atoms with E-state index in [9.17, 15) is 9.59 Å². The molecule has 0 atom stereocenters. The molecule has 6 heteroatoms. The molecule has 0 radical (unpaired) electrons. The zero-order chi connectivity index (χ0) is 16.8. The lowest BCUT2D eigenvalue weighted by atomic mass is 10.0. The molecule has 2 aromatic heterocycles. The van der Waals surface area contributed by atoms with Crippen LogP contribution in [0.15, 0.2) is 85.5 Å². The minimum Gasteiger partial charge on any atom is -1.00 e. The number of benzene rings is 1. The summed E-state index contributed by atoms with van der Waals surface area (Å²) >= 11 is 0. The monoisotopic (exact) mass is 572 g/mol. The van der Waals surface area contributed by atoms with E-state index < -0.39 is 0 Å². The van der Waals surface area contributed by atoms with Crippen molar-refractivity contribution in [2.45, 2.75) is 13.1 Å². The Labute approximate surface area is 186 Å². The van der Waals surface area contributed by atoms with Gasteiger partial charge in [0.15, 0.2) is 24.8 Å². The van der Waals surface area contributed by atoms with Gasteiger partial charge < -0.3 is 48.0 Å². The minimum absolute atomic E-state index is 0. The first kappa shape index (κ1) is 22.4. The van der Waals surface area contributed by atoms with Gasteiger partial charge in [-0.1, -0.05) is 30.3 Å². The first-order chi connectivity index (χ1) is 11.7. The van der Waals surface area contributed by atoms with E-state index in [-0.39, 0.29) is 72.6 Å². The van der Waals surface area contributed by atoms with Gasteiger partial charge in [-0.05, 0) is 6.07 Å². The van der Waals surface area contributed by atoms with Crippen LogP contribution < -0.4 is 57.1 Å². The topological polar surface area (TPSA) is 41.9 Å². The highest BCUT2D eigenvalue weighted by Crippen LogP contribution is 2.07. The van der Waals surface area contributed by atoms with Gasteiger partial charge in [0.2, 0.25) is 24.7 Å². The Bertz CT molecular complexity index is 787. The smallest absolute Gasteiger partial charge is 0.227 e. The summed E-state index contributed by atoms with van der Waals surface area (Å²) in [5, 5.41) is 0. The number of Topliss-reactive ketones (excluding diaryl/α,β-unsaturated/α-hetero) is 2. The Morgan fingerprint density at radius 1 is 0.615 bits per heavy atom. The van der Waals surface area contributed by atoms with E-state index >= 15 is 0 Å². The number of hydrogen-bond acceptors (Lipinski definition) is 2. The first-order valence-electron chi connectivity index (χ1n) is 7.77. The highest BCUT2D eigenvalue weighted by molar-refractivity contribution is 6.00. The molecule has 0 unspecified atom stereocenters. The van der Waals surface area contributed by atoms with E-state index in [1.54, 1.807) is 24.3 Å². The van der Waals surface area contributed by atoms with E-state index in [0.717, 1.165) is 0 Å². The third kappa shape index (κ3) is 6.24. The molecule has 4 nitrogen and oxygen atoms in total. The number of nitrogens with zero attached hydrogens (tertiary/aromatic N) is 2. The lowest BCUT2D eigenvalue weighted by Crippen LogP contribution is -3.00. The predicted molar refractivity (Wildman–Crippen MR) is 88.4 cm³/mol. The SMILES string of the molecule is O=C(C[n+]1ccccc1)c1cccc(C(=O)C[n+]2ccccc2)c1.[I-].[I-]. The van der Waals surface area contributed by atoms with Crippen molar-refractivity contribution < 1.29 is 66.7 Å². The van der Waals surface area contributed by atoms with Gasteiger partial charge in [-0.25, -0.2) is 0 Å². The van der Waals surface area contributed by atoms with Crippen LogP contribution in [0.25, 0.3) is 0 Å². The van der Waals surface area contributed by atoms with Gasteiger partial charge in [-0.15, -0.1) is 0 Å². The van der Waals surface area contributed by atoms with Gasteiger partial charge in [-0.2, -0.15) is 9.13 Å². The maximum Gasteiger partial charge on any atom is 0.227 e. The van der Waals surface area contributed by atoms with Crippen LogP contribution >= 0.6 is 0 Å². The van der Waals surface area contributed by atoms with Crippen LogP contribution in [-0.2, 0) is 13.1 Å². The molecule has 0 aliphatic rings. The number of ketones is 2. The summed E-state index contributed by atoms with van der Waals surface area (Å²) < 4.78 is 3.63. The molecule has 3 aromatic rings. The lowest BCUT2D eigenvalue weighted by Gasteiger charge is -2.02. The average Bonchev–Trinajstić information content (AvgIpc) is 2.63. The Hall–Kier alpha value is -1.68. The van der Waals surface area contributed by atoms with Crippen molar-refractivity contribution in [1.82, 2.24) is 0 Å². The Balaban J connectivity index is 0.00000169. The molecule has 0 saturated heterocycles. The molecule has 0 bridgehead atoms. The van der Waals surface area contributed by atoms with Crippen molar-refractivity contribution in [2.75, 3.05) is 0 Å². The van der Waals surface area contributed by atoms with E-state index in [4.69, 9.17) is 0 Å². The van der Waals surface area contributed by atoms with Crippen molar-refractivity contribution in [3.05, 3.63) is 96.6 Å². The molecule has 2 heterocycles. The zero-order valence-corrected chi connectivity index (χ0v) is 18.3. The zero-order valence-electron chi connectivity index (χ0n) is 14.0. The molecule has 1 aromatic carbocycles. The molecule has 0 N–H and O–H groups in total. The maximum absolute atomic E-state index is 12.4. The van der Waals surface area contributed by atoms with Gasteiger partial charge in [-0.3, -0.25) is 9.59 Å². The molecule has 0 aliphatic carbocycles. The third-order valence-corrected chi connectivity index (χ3v) is 3.71. The number of halogens is 2. The van der Waals surface area contributed by atoms with E-state index in [0.29, 0.717) is 11.1 Å². The second kappa shape index (κ2) is 11.1. The first-order valence-corrected chi connectivity index (χ1v) is 7.77. The summed E-state index contributed by atoms with van der Waals surface area (Å²) in [6, 6.07) is 18.3. The third-order valence-electron chi connectivity index (χ3n) is 3.71. The number of hydrogen-bond donors (Lipinski definition) is 0. The second-order valence-corrected chi connectivity index (χ2v) is 5.52. The quantitative estimate of drug-likeness (QED) is 0.172. The van der Waals surface area contributed by atoms with Gasteiger partial charge in [0.25, 0.3) is 0 Å². The Kier molecular flexibility index (Phi) is 9.57. The van der Waals surface area contributed by atoms with Crippen LogP contribution in [0.1, 0.15) is 20.7 Å². The summed E-state index contributed by atoms with van der Waals surface area (Å²) in [6.07, 6.45) is 7.38. The van der Waals surface area contributed by atoms with Gasteiger partial charge >= 0.3 is 0 Å². The van der Waals surface area contributed by atoms with E-state index in [1.165, 1.54) is 0 Å². The highest BCUT2D eigenvalue weighted by Gasteiger charge is 2.16. The molecular weight excluding hydrogens is 554 g/mol. The maximum atomic E-state index is 12.4.